The monoisotopic (exact) mass is 332 g/mol. The van der Waals surface area contributed by atoms with E-state index in [0.29, 0.717) is 17.9 Å². The molecule has 1 rings (SSSR count). The molecule has 0 aliphatic rings. The highest BCUT2D eigenvalue weighted by atomic mass is 16.2. The lowest BCUT2D eigenvalue weighted by molar-refractivity contribution is -0.125. The van der Waals surface area contributed by atoms with E-state index in [4.69, 9.17) is 0 Å². The minimum absolute atomic E-state index is 0.279. The second-order valence-corrected chi connectivity index (χ2v) is 7.19. The molecule has 0 saturated heterocycles. The third kappa shape index (κ3) is 5.80. The summed E-state index contributed by atoms with van der Waals surface area (Å²) in [5.74, 6) is -0.253. The van der Waals surface area contributed by atoms with Crippen LogP contribution in [0.2, 0.25) is 0 Å². The van der Waals surface area contributed by atoms with E-state index in [0.717, 1.165) is 6.29 Å². The Morgan fingerprint density at radius 1 is 1.08 bits per heavy atom. The first kappa shape index (κ1) is 19.9. The quantitative estimate of drug-likeness (QED) is 0.718. The molecule has 2 amide bonds. The molecule has 5 nitrogen and oxygen atoms in total. The van der Waals surface area contributed by atoms with E-state index in [1.807, 2.05) is 19.9 Å². The maximum Gasteiger partial charge on any atom is 0.251 e. The molecule has 0 spiro atoms. The Balaban J connectivity index is 2.73. The Bertz CT molecular complexity index is 567. The van der Waals surface area contributed by atoms with Crippen LogP contribution in [0.25, 0.3) is 0 Å². The molecular formula is C19H28N2O3. The van der Waals surface area contributed by atoms with Gasteiger partial charge < -0.3 is 15.4 Å². The summed E-state index contributed by atoms with van der Waals surface area (Å²) < 4.78 is 0. The molecule has 1 unspecified atom stereocenters. The van der Waals surface area contributed by atoms with Crippen molar-refractivity contribution in [3.05, 3.63) is 35.9 Å². The molecule has 5 heteroatoms. The van der Waals surface area contributed by atoms with Crippen LogP contribution < -0.4 is 10.6 Å². The smallest absolute Gasteiger partial charge is 0.251 e. The standard InChI is InChI=1S/C19H28N2O3/c1-13(2)11-16(19(4,5)12-22)21-17(23)14(3)20-18(24)15-9-7-6-8-10-15/h6-10,12-14,16H,11H2,1-5H3,(H,20,24)(H,21,23)/t14-,16?/m0/s1. The van der Waals surface area contributed by atoms with Crippen molar-refractivity contribution in [3.8, 4) is 0 Å². The van der Waals surface area contributed by atoms with Gasteiger partial charge in [-0.05, 0) is 31.4 Å². The Hall–Kier alpha value is -2.17. The molecule has 2 N–H and O–H groups in total. The molecule has 24 heavy (non-hydrogen) atoms. The Morgan fingerprint density at radius 2 is 1.67 bits per heavy atom. The molecule has 1 aromatic carbocycles. The first-order chi connectivity index (χ1) is 11.2. The zero-order valence-corrected chi connectivity index (χ0v) is 15.1. The Kier molecular flexibility index (Phi) is 7.14. The number of amides is 2. The van der Waals surface area contributed by atoms with Crippen molar-refractivity contribution in [2.45, 2.75) is 53.1 Å². The lowest BCUT2D eigenvalue weighted by atomic mass is 9.81. The molecule has 0 aliphatic carbocycles. The third-order valence-electron chi connectivity index (χ3n) is 4.00. The maximum atomic E-state index is 12.4. The van der Waals surface area contributed by atoms with Gasteiger partial charge in [0.1, 0.15) is 12.3 Å². The van der Waals surface area contributed by atoms with E-state index in [9.17, 15) is 14.4 Å². The second-order valence-electron chi connectivity index (χ2n) is 7.19. The van der Waals surface area contributed by atoms with Crippen LogP contribution in [0.5, 0.6) is 0 Å². The van der Waals surface area contributed by atoms with Crippen molar-refractivity contribution >= 4 is 18.1 Å². The van der Waals surface area contributed by atoms with Gasteiger partial charge in [-0.15, -0.1) is 0 Å². The van der Waals surface area contributed by atoms with Gasteiger partial charge in [0.05, 0.1) is 0 Å². The van der Waals surface area contributed by atoms with E-state index in [2.05, 4.69) is 10.6 Å². The van der Waals surface area contributed by atoms with Gasteiger partial charge in [0.15, 0.2) is 0 Å². The van der Waals surface area contributed by atoms with Crippen molar-refractivity contribution in [1.82, 2.24) is 10.6 Å². The molecule has 0 aromatic heterocycles. The number of carbonyl (C=O) groups excluding carboxylic acids is 3. The summed E-state index contributed by atoms with van der Waals surface area (Å²) in [6, 6.07) is 7.78. The van der Waals surface area contributed by atoms with E-state index in [1.54, 1.807) is 45.0 Å². The Morgan fingerprint density at radius 3 is 2.17 bits per heavy atom. The minimum Gasteiger partial charge on any atom is -0.351 e. The molecule has 0 aliphatic heterocycles. The number of carbonyl (C=O) groups is 3. The number of hydrogen-bond acceptors (Lipinski definition) is 3. The normalized spacial score (nSPS) is 13.9. The molecule has 0 bridgehead atoms. The molecule has 0 fully saturated rings. The third-order valence-corrected chi connectivity index (χ3v) is 4.00. The zero-order chi connectivity index (χ0) is 18.3. The highest BCUT2D eigenvalue weighted by Gasteiger charge is 2.32. The average Bonchev–Trinajstić information content (AvgIpc) is 2.54. The number of nitrogens with one attached hydrogen (secondary N) is 2. The zero-order valence-electron chi connectivity index (χ0n) is 15.1. The van der Waals surface area contributed by atoms with Crippen LogP contribution >= 0.6 is 0 Å². The number of rotatable bonds is 8. The average molecular weight is 332 g/mol. The predicted octanol–water partition coefficient (Wildman–Crippen LogP) is 2.56. The van der Waals surface area contributed by atoms with Crippen LogP contribution in [0.1, 0.15) is 51.4 Å². The summed E-state index contributed by atoms with van der Waals surface area (Å²) >= 11 is 0. The van der Waals surface area contributed by atoms with Crippen LogP contribution in [-0.4, -0.2) is 30.2 Å². The van der Waals surface area contributed by atoms with Crippen molar-refractivity contribution < 1.29 is 14.4 Å². The lowest BCUT2D eigenvalue weighted by Crippen LogP contribution is -2.53. The molecule has 132 valence electrons. The van der Waals surface area contributed by atoms with Crippen molar-refractivity contribution in [2.75, 3.05) is 0 Å². The highest BCUT2D eigenvalue weighted by molar-refractivity contribution is 5.97. The predicted molar refractivity (Wildman–Crippen MR) is 94.6 cm³/mol. The van der Waals surface area contributed by atoms with Gasteiger partial charge in [0.2, 0.25) is 5.91 Å². The topological polar surface area (TPSA) is 75.3 Å². The van der Waals surface area contributed by atoms with Crippen LogP contribution in [0, 0.1) is 11.3 Å². The SMILES string of the molecule is CC(C)CC(NC(=O)[C@H](C)NC(=O)c1ccccc1)C(C)(C)C=O. The van der Waals surface area contributed by atoms with Gasteiger partial charge in [-0.1, -0.05) is 45.9 Å². The molecule has 0 saturated carbocycles. The van der Waals surface area contributed by atoms with Gasteiger partial charge in [-0.3, -0.25) is 9.59 Å². The largest absolute Gasteiger partial charge is 0.351 e. The highest BCUT2D eigenvalue weighted by Crippen LogP contribution is 2.23. The fourth-order valence-electron chi connectivity index (χ4n) is 2.33. The molecule has 0 heterocycles. The fourth-order valence-corrected chi connectivity index (χ4v) is 2.33. The first-order valence-corrected chi connectivity index (χ1v) is 8.30. The van der Waals surface area contributed by atoms with E-state index in [-0.39, 0.29) is 17.9 Å². The summed E-state index contributed by atoms with van der Waals surface area (Å²) in [5, 5.41) is 5.60. The number of hydrogen-bond donors (Lipinski definition) is 2. The van der Waals surface area contributed by atoms with Crippen molar-refractivity contribution in [2.24, 2.45) is 11.3 Å². The van der Waals surface area contributed by atoms with Crippen LogP contribution in [0.15, 0.2) is 30.3 Å². The van der Waals surface area contributed by atoms with Gasteiger partial charge in [-0.2, -0.15) is 0 Å². The summed E-state index contributed by atoms with van der Waals surface area (Å²) in [7, 11) is 0. The number of aldehydes is 1. The van der Waals surface area contributed by atoms with Crippen molar-refractivity contribution in [1.29, 1.82) is 0 Å². The molecular weight excluding hydrogens is 304 g/mol. The molecule has 2 atom stereocenters. The van der Waals surface area contributed by atoms with Gasteiger partial charge in [-0.25, -0.2) is 0 Å². The summed E-state index contributed by atoms with van der Waals surface area (Å²) in [4.78, 5) is 35.9. The van der Waals surface area contributed by atoms with Crippen molar-refractivity contribution in [3.63, 3.8) is 0 Å². The minimum atomic E-state index is -0.685. The summed E-state index contributed by atoms with van der Waals surface area (Å²) in [6.45, 7) is 9.33. The van der Waals surface area contributed by atoms with Gasteiger partial charge in [0, 0.05) is 17.0 Å². The first-order valence-electron chi connectivity index (χ1n) is 8.30. The molecule has 0 radical (unpaired) electrons. The van der Waals surface area contributed by atoms with Crippen LogP contribution in [-0.2, 0) is 9.59 Å². The maximum absolute atomic E-state index is 12.4. The van der Waals surface area contributed by atoms with Crippen LogP contribution in [0.4, 0.5) is 0 Å². The molecule has 1 aromatic rings. The van der Waals surface area contributed by atoms with E-state index < -0.39 is 11.5 Å². The van der Waals surface area contributed by atoms with Gasteiger partial charge >= 0.3 is 0 Å². The van der Waals surface area contributed by atoms with E-state index in [1.165, 1.54) is 0 Å². The second kappa shape index (κ2) is 8.62. The van der Waals surface area contributed by atoms with E-state index >= 15 is 0 Å². The van der Waals surface area contributed by atoms with Crippen LogP contribution in [0.3, 0.4) is 0 Å². The number of benzene rings is 1. The fraction of sp³-hybridized carbons (Fsp3) is 0.526. The summed E-state index contributed by atoms with van der Waals surface area (Å²) in [6.07, 6.45) is 1.56. The Labute approximate surface area is 144 Å². The lowest BCUT2D eigenvalue weighted by Gasteiger charge is -2.32. The van der Waals surface area contributed by atoms with Gasteiger partial charge in [0.25, 0.3) is 5.91 Å². The summed E-state index contributed by atoms with van der Waals surface area (Å²) in [5.41, 5.74) is -0.160.